The molecule has 2 aromatic rings. The van der Waals surface area contributed by atoms with Gasteiger partial charge in [0.1, 0.15) is 11.6 Å². The molecule has 0 bridgehead atoms. The van der Waals surface area contributed by atoms with Gasteiger partial charge in [-0.05, 0) is 30.3 Å². The van der Waals surface area contributed by atoms with Gasteiger partial charge in [0.15, 0.2) is 9.84 Å². The third-order valence-corrected chi connectivity index (χ3v) is 4.68. The Bertz CT molecular complexity index is 757. The average Bonchev–Trinajstić information content (AvgIpc) is 3.00. The molecular weight excluding hydrogens is 311 g/mol. The van der Waals surface area contributed by atoms with Crippen LogP contribution in [0.4, 0.5) is 14.9 Å². The molecule has 2 amide bonds. The van der Waals surface area contributed by atoms with Crippen LogP contribution in [0, 0.1) is 5.82 Å². The lowest BCUT2D eigenvalue weighted by Crippen LogP contribution is -2.28. The van der Waals surface area contributed by atoms with Crippen molar-refractivity contribution >= 4 is 21.6 Å². The second-order valence-electron chi connectivity index (χ2n) is 4.43. The van der Waals surface area contributed by atoms with Gasteiger partial charge in [-0.15, -0.1) is 0 Å². The van der Waals surface area contributed by atoms with Gasteiger partial charge in [-0.1, -0.05) is 6.92 Å². The molecule has 118 valence electrons. The predicted molar refractivity (Wildman–Crippen MR) is 78.7 cm³/mol. The van der Waals surface area contributed by atoms with E-state index >= 15 is 0 Å². The number of carbonyl (C=O) groups excluding carboxylic acids is 1. The summed E-state index contributed by atoms with van der Waals surface area (Å²) >= 11 is 0. The molecule has 0 unspecified atom stereocenters. The van der Waals surface area contributed by atoms with Gasteiger partial charge in [-0.2, -0.15) is 0 Å². The summed E-state index contributed by atoms with van der Waals surface area (Å²) in [5.41, 5.74) is 0.0280. The molecule has 1 heterocycles. The summed E-state index contributed by atoms with van der Waals surface area (Å²) in [5, 5.41) is 4.92. The number of benzene rings is 1. The monoisotopic (exact) mass is 326 g/mol. The van der Waals surface area contributed by atoms with Crippen LogP contribution in [-0.4, -0.2) is 20.2 Å². The lowest BCUT2D eigenvalue weighted by atomic mass is 10.3. The molecule has 1 aromatic heterocycles. The predicted octanol–water partition coefficient (Wildman–Crippen LogP) is 2.53. The lowest BCUT2D eigenvalue weighted by Gasteiger charge is -2.11. The Morgan fingerprint density at radius 3 is 2.73 bits per heavy atom. The van der Waals surface area contributed by atoms with Crippen molar-refractivity contribution in [3.05, 3.63) is 48.2 Å². The van der Waals surface area contributed by atoms with Crippen molar-refractivity contribution in [2.75, 3.05) is 11.1 Å². The van der Waals surface area contributed by atoms with E-state index in [9.17, 15) is 17.6 Å². The van der Waals surface area contributed by atoms with E-state index in [0.717, 1.165) is 12.1 Å². The summed E-state index contributed by atoms with van der Waals surface area (Å²) in [5.74, 6) is -0.330. The normalized spacial score (nSPS) is 11.2. The number of halogens is 1. The third-order valence-electron chi connectivity index (χ3n) is 2.91. The molecular formula is C14H15FN2O4S. The molecule has 0 fully saturated rings. The second-order valence-corrected chi connectivity index (χ2v) is 6.68. The summed E-state index contributed by atoms with van der Waals surface area (Å²) in [7, 11) is -3.66. The topological polar surface area (TPSA) is 88.4 Å². The molecule has 2 N–H and O–H groups in total. The summed E-state index contributed by atoms with van der Waals surface area (Å²) in [6, 6.07) is 5.93. The van der Waals surface area contributed by atoms with Gasteiger partial charge in [-0.25, -0.2) is 17.6 Å². The van der Waals surface area contributed by atoms with E-state index < -0.39 is 21.7 Å². The zero-order valence-electron chi connectivity index (χ0n) is 11.8. The molecule has 0 saturated carbocycles. The Labute approximate surface area is 127 Å². The largest absolute Gasteiger partial charge is 0.467 e. The van der Waals surface area contributed by atoms with Crippen molar-refractivity contribution in [1.82, 2.24) is 5.32 Å². The summed E-state index contributed by atoms with van der Waals surface area (Å²) in [6.07, 6.45) is 1.47. The number of furan rings is 1. The first kappa shape index (κ1) is 16.0. The first-order valence-corrected chi connectivity index (χ1v) is 8.17. The SMILES string of the molecule is CCS(=O)(=O)c1cc(F)ccc1NC(=O)NCc1ccco1. The summed E-state index contributed by atoms with van der Waals surface area (Å²) in [6.45, 7) is 1.59. The van der Waals surface area contributed by atoms with Crippen LogP contribution in [0.15, 0.2) is 45.9 Å². The highest BCUT2D eigenvalue weighted by Gasteiger charge is 2.19. The molecule has 8 heteroatoms. The molecule has 0 aliphatic heterocycles. The molecule has 6 nitrogen and oxygen atoms in total. The fraction of sp³-hybridized carbons (Fsp3) is 0.214. The second kappa shape index (κ2) is 6.61. The maximum absolute atomic E-state index is 13.3. The molecule has 0 atom stereocenters. The van der Waals surface area contributed by atoms with Crippen molar-refractivity contribution < 1.29 is 22.0 Å². The lowest BCUT2D eigenvalue weighted by molar-refractivity contribution is 0.250. The van der Waals surface area contributed by atoms with Gasteiger partial charge in [0.2, 0.25) is 0 Å². The van der Waals surface area contributed by atoms with Gasteiger partial charge in [-0.3, -0.25) is 0 Å². The molecule has 0 aliphatic rings. The maximum Gasteiger partial charge on any atom is 0.319 e. The van der Waals surface area contributed by atoms with E-state index in [1.165, 1.54) is 19.3 Å². The Balaban J connectivity index is 2.13. The standard InChI is InChI=1S/C14H15FN2O4S/c1-2-22(19,20)13-8-10(15)5-6-12(13)17-14(18)16-9-11-4-3-7-21-11/h3-8H,2,9H2,1H3,(H2,16,17,18). The van der Waals surface area contributed by atoms with Crippen LogP contribution in [-0.2, 0) is 16.4 Å². The minimum Gasteiger partial charge on any atom is -0.467 e. The van der Waals surface area contributed by atoms with E-state index in [2.05, 4.69) is 10.6 Å². The zero-order valence-corrected chi connectivity index (χ0v) is 12.6. The summed E-state index contributed by atoms with van der Waals surface area (Å²) < 4.78 is 42.2. The number of hydrogen-bond acceptors (Lipinski definition) is 4. The first-order chi connectivity index (χ1) is 10.4. The van der Waals surface area contributed by atoms with Crippen molar-refractivity contribution in [3.63, 3.8) is 0 Å². The van der Waals surface area contributed by atoms with Gasteiger partial charge in [0.25, 0.3) is 0 Å². The molecule has 1 aromatic carbocycles. The maximum atomic E-state index is 13.3. The van der Waals surface area contributed by atoms with Crippen LogP contribution < -0.4 is 10.6 Å². The molecule has 0 radical (unpaired) electrons. The number of carbonyl (C=O) groups is 1. The molecule has 2 rings (SSSR count). The Morgan fingerprint density at radius 1 is 1.32 bits per heavy atom. The Kier molecular flexibility index (Phi) is 4.81. The fourth-order valence-electron chi connectivity index (χ4n) is 1.76. The van der Waals surface area contributed by atoms with E-state index in [1.54, 1.807) is 12.1 Å². The number of nitrogens with one attached hydrogen (secondary N) is 2. The molecule has 22 heavy (non-hydrogen) atoms. The van der Waals surface area contributed by atoms with E-state index in [0.29, 0.717) is 5.76 Å². The van der Waals surface area contributed by atoms with Crippen molar-refractivity contribution in [2.45, 2.75) is 18.4 Å². The Morgan fingerprint density at radius 2 is 2.09 bits per heavy atom. The van der Waals surface area contributed by atoms with Gasteiger partial charge < -0.3 is 15.1 Å². The smallest absolute Gasteiger partial charge is 0.319 e. The highest BCUT2D eigenvalue weighted by Crippen LogP contribution is 2.23. The van der Waals surface area contributed by atoms with Gasteiger partial charge in [0, 0.05) is 0 Å². The van der Waals surface area contributed by atoms with Crippen LogP contribution in [0.2, 0.25) is 0 Å². The van der Waals surface area contributed by atoms with Crippen molar-refractivity contribution in [3.8, 4) is 0 Å². The first-order valence-electron chi connectivity index (χ1n) is 6.52. The van der Waals surface area contributed by atoms with E-state index in [4.69, 9.17) is 4.42 Å². The van der Waals surface area contributed by atoms with Crippen LogP contribution in [0.5, 0.6) is 0 Å². The Hall–Kier alpha value is -2.35. The summed E-state index contributed by atoms with van der Waals surface area (Å²) in [4.78, 5) is 11.6. The average molecular weight is 326 g/mol. The number of amides is 2. The third kappa shape index (κ3) is 3.85. The van der Waals surface area contributed by atoms with Gasteiger partial charge in [0.05, 0.1) is 29.1 Å². The number of rotatable bonds is 5. The molecule has 0 spiro atoms. The van der Waals surface area contributed by atoms with Crippen LogP contribution in [0.25, 0.3) is 0 Å². The number of hydrogen-bond donors (Lipinski definition) is 2. The molecule has 0 saturated heterocycles. The zero-order chi connectivity index (χ0) is 16.2. The van der Waals surface area contributed by atoms with Crippen LogP contribution in [0.1, 0.15) is 12.7 Å². The minimum atomic E-state index is -3.66. The van der Waals surface area contributed by atoms with E-state index in [-0.39, 0.29) is 22.9 Å². The highest BCUT2D eigenvalue weighted by molar-refractivity contribution is 7.91. The van der Waals surface area contributed by atoms with Gasteiger partial charge >= 0.3 is 6.03 Å². The van der Waals surface area contributed by atoms with E-state index in [1.807, 2.05) is 0 Å². The van der Waals surface area contributed by atoms with Crippen molar-refractivity contribution in [1.29, 1.82) is 0 Å². The number of sulfone groups is 1. The quantitative estimate of drug-likeness (QED) is 0.884. The highest BCUT2D eigenvalue weighted by atomic mass is 32.2. The fourth-order valence-corrected chi connectivity index (χ4v) is 2.82. The number of anilines is 1. The minimum absolute atomic E-state index is 0.0280. The number of urea groups is 1. The van der Waals surface area contributed by atoms with Crippen molar-refractivity contribution in [2.24, 2.45) is 0 Å². The van der Waals surface area contributed by atoms with Crippen LogP contribution in [0.3, 0.4) is 0 Å². The molecule has 0 aliphatic carbocycles. The van der Waals surface area contributed by atoms with Crippen LogP contribution >= 0.6 is 0 Å².